The number of thiophene rings is 1. The van der Waals surface area contributed by atoms with Crippen LogP contribution in [0.15, 0.2) is 211 Å². The molecule has 284 valence electrons. The van der Waals surface area contributed by atoms with Gasteiger partial charge in [0.2, 0.25) is 0 Å². The van der Waals surface area contributed by atoms with Crippen LogP contribution >= 0.6 is 11.3 Å². The smallest absolute Gasteiger partial charge is 0.172 e. The Morgan fingerprint density at radius 1 is 0.333 bits per heavy atom. The minimum atomic E-state index is 0.675. The Labute approximate surface area is 350 Å². The molecule has 9 aromatic carbocycles. The van der Waals surface area contributed by atoms with Crippen LogP contribution in [0, 0.1) is 0 Å². The first-order valence-electron chi connectivity index (χ1n) is 20.0. The van der Waals surface area contributed by atoms with Gasteiger partial charge in [0, 0.05) is 65.4 Å². The van der Waals surface area contributed by atoms with Crippen molar-refractivity contribution in [2.45, 2.75) is 0 Å². The molecule has 1 aliphatic rings. The zero-order valence-corrected chi connectivity index (χ0v) is 33.0. The molecule has 0 saturated carbocycles. The van der Waals surface area contributed by atoms with Gasteiger partial charge in [-0.3, -0.25) is 0 Å². The summed E-state index contributed by atoms with van der Waals surface area (Å²) in [5.41, 5.74) is 10.3. The highest BCUT2D eigenvalue weighted by atomic mass is 32.1. The van der Waals surface area contributed by atoms with Crippen LogP contribution in [0.4, 0.5) is 34.1 Å². The van der Waals surface area contributed by atoms with E-state index < -0.39 is 0 Å². The molecule has 0 fully saturated rings. The first-order chi connectivity index (χ1) is 29.7. The van der Waals surface area contributed by atoms with Crippen molar-refractivity contribution >= 4 is 87.6 Å². The Morgan fingerprint density at radius 2 is 0.883 bits per heavy atom. The lowest BCUT2D eigenvalue weighted by Gasteiger charge is -2.28. The summed E-state index contributed by atoms with van der Waals surface area (Å²) < 4.78 is 21.4. The molecular weight excluding hydrogens is 757 g/mol. The molecule has 5 nitrogen and oxygen atoms in total. The van der Waals surface area contributed by atoms with Crippen LogP contribution in [0.5, 0.6) is 23.0 Å². The third-order valence-electron chi connectivity index (χ3n) is 11.3. The van der Waals surface area contributed by atoms with E-state index in [1.165, 1.54) is 20.2 Å². The van der Waals surface area contributed by atoms with E-state index in [0.29, 0.717) is 23.0 Å². The number of anilines is 6. The predicted molar refractivity (Wildman–Crippen MR) is 248 cm³/mol. The number of hydrogen-bond acceptors (Lipinski definition) is 6. The molecular formula is C54H34N2O3S. The summed E-state index contributed by atoms with van der Waals surface area (Å²) in [5.74, 6) is 2.78. The van der Waals surface area contributed by atoms with Crippen molar-refractivity contribution in [3.63, 3.8) is 0 Å². The lowest BCUT2D eigenvalue weighted by atomic mass is 9.97. The van der Waals surface area contributed by atoms with E-state index in [2.05, 4.69) is 174 Å². The molecule has 60 heavy (non-hydrogen) atoms. The Balaban J connectivity index is 1.01. The Kier molecular flexibility index (Phi) is 7.96. The zero-order chi connectivity index (χ0) is 39.6. The monoisotopic (exact) mass is 790 g/mol. The molecule has 0 aliphatic carbocycles. The fraction of sp³-hybridized carbons (Fsp3) is 0. The first-order valence-corrected chi connectivity index (χ1v) is 20.8. The maximum absolute atomic E-state index is 6.42. The number of benzene rings is 9. The predicted octanol–water partition coefficient (Wildman–Crippen LogP) is 16.5. The van der Waals surface area contributed by atoms with Crippen LogP contribution in [0.2, 0.25) is 0 Å². The van der Waals surface area contributed by atoms with Crippen molar-refractivity contribution in [1.29, 1.82) is 0 Å². The molecule has 0 saturated heterocycles. The van der Waals surface area contributed by atoms with Crippen molar-refractivity contribution in [1.82, 2.24) is 0 Å². The lowest BCUT2D eigenvalue weighted by Crippen LogP contribution is -2.11. The average molecular weight is 791 g/mol. The quantitative estimate of drug-likeness (QED) is 0.161. The van der Waals surface area contributed by atoms with Gasteiger partial charge in [-0.15, -0.1) is 11.3 Å². The van der Waals surface area contributed by atoms with Crippen LogP contribution in [-0.4, -0.2) is 0 Å². The second-order valence-corrected chi connectivity index (χ2v) is 16.0. The van der Waals surface area contributed by atoms with Gasteiger partial charge in [-0.2, -0.15) is 0 Å². The van der Waals surface area contributed by atoms with E-state index in [1.54, 1.807) is 0 Å². The fourth-order valence-electron chi connectivity index (χ4n) is 8.54. The van der Waals surface area contributed by atoms with Crippen molar-refractivity contribution in [2.75, 3.05) is 9.80 Å². The molecule has 0 atom stereocenters. The van der Waals surface area contributed by atoms with E-state index in [0.717, 1.165) is 67.2 Å². The Morgan fingerprint density at radius 3 is 1.65 bits per heavy atom. The molecule has 6 heteroatoms. The standard InChI is InChI=1S/C54H34N2O3S/c1-3-13-36(14-4-1)55(39-27-29-47-45(31-39)42-17-7-9-19-46(42)57-47)38-25-23-35(24-26-38)44-32-41(34-53-54(44)43-18-8-12-22-52(43)60-53)56(37-15-5-2-6-16-37)40-28-30-50-51(33-40)59-49-21-11-10-20-48(49)58-50/h1-34H. The zero-order valence-electron chi connectivity index (χ0n) is 32.2. The summed E-state index contributed by atoms with van der Waals surface area (Å²) in [7, 11) is 0. The van der Waals surface area contributed by atoms with Gasteiger partial charge in [-0.1, -0.05) is 97.1 Å². The van der Waals surface area contributed by atoms with Gasteiger partial charge in [0.25, 0.3) is 0 Å². The minimum Gasteiger partial charge on any atom is -0.456 e. The van der Waals surface area contributed by atoms with Crippen LogP contribution in [-0.2, 0) is 0 Å². The highest BCUT2D eigenvalue weighted by molar-refractivity contribution is 7.26. The molecule has 0 spiro atoms. The first kappa shape index (κ1) is 34.3. The van der Waals surface area contributed by atoms with Crippen LogP contribution in [0.1, 0.15) is 0 Å². The molecule has 0 amide bonds. The number of rotatable bonds is 7. The molecule has 0 N–H and O–H groups in total. The van der Waals surface area contributed by atoms with Crippen LogP contribution in [0.25, 0.3) is 53.2 Å². The lowest BCUT2D eigenvalue weighted by molar-refractivity contribution is 0.360. The molecule has 3 heterocycles. The van der Waals surface area contributed by atoms with E-state index in [9.17, 15) is 0 Å². The topological polar surface area (TPSA) is 38.1 Å². The van der Waals surface area contributed by atoms with E-state index in [4.69, 9.17) is 13.9 Å². The van der Waals surface area contributed by atoms with E-state index >= 15 is 0 Å². The summed E-state index contributed by atoms with van der Waals surface area (Å²) in [6, 6.07) is 72.1. The summed E-state index contributed by atoms with van der Waals surface area (Å²) >= 11 is 1.83. The molecule has 2 aromatic heterocycles. The maximum atomic E-state index is 6.42. The van der Waals surface area contributed by atoms with Gasteiger partial charge in [-0.25, -0.2) is 0 Å². The van der Waals surface area contributed by atoms with E-state index in [-0.39, 0.29) is 0 Å². The van der Waals surface area contributed by atoms with Gasteiger partial charge >= 0.3 is 0 Å². The molecule has 0 radical (unpaired) electrons. The molecule has 12 rings (SSSR count). The molecule has 11 aromatic rings. The molecule has 0 unspecified atom stereocenters. The number of furan rings is 1. The summed E-state index contributed by atoms with van der Waals surface area (Å²) in [6.07, 6.45) is 0. The van der Waals surface area contributed by atoms with Crippen molar-refractivity contribution < 1.29 is 13.9 Å². The van der Waals surface area contributed by atoms with Crippen molar-refractivity contribution in [3.8, 4) is 34.1 Å². The van der Waals surface area contributed by atoms with Gasteiger partial charge in [0.1, 0.15) is 11.2 Å². The number of para-hydroxylation sites is 5. The normalized spacial score (nSPS) is 11.9. The second-order valence-electron chi connectivity index (χ2n) is 14.9. The van der Waals surface area contributed by atoms with E-state index in [1.807, 2.05) is 53.8 Å². The molecule has 0 bridgehead atoms. The maximum Gasteiger partial charge on any atom is 0.172 e. The number of ether oxygens (including phenoxy) is 2. The van der Waals surface area contributed by atoms with Gasteiger partial charge in [-0.05, 0) is 114 Å². The minimum absolute atomic E-state index is 0.675. The third-order valence-corrected chi connectivity index (χ3v) is 12.4. The largest absolute Gasteiger partial charge is 0.456 e. The highest BCUT2D eigenvalue weighted by Gasteiger charge is 2.24. The summed E-state index contributed by atoms with van der Waals surface area (Å²) in [4.78, 5) is 4.62. The number of hydrogen-bond donors (Lipinski definition) is 0. The SMILES string of the molecule is c1ccc(N(c2ccc3c(c2)Oc2ccccc2O3)c2cc(-c3ccc(N(c4ccccc4)c4ccc5oc6ccccc6c5c4)cc3)c3c(c2)sc2ccccc23)cc1. The average Bonchev–Trinajstić information content (AvgIpc) is 3.87. The third kappa shape index (κ3) is 5.76. The highest BCUT2D eigenvalue weighted by Crippen LogP contribution is 2.50. The molecule has 1 aliphatic heterocycles. The second kappa shape index (κ2) is 13.9. The summed E-state index contributed by atoms with van der Waals surface area (Å²) in [5, 5.41) is 4.70. The number of nitrogens with zero attached hydrogens (tertiary/aromatic N) is 2. The van der Waals surface area contributed by atoms with Gasteiger partial charge < -0.3 is 23.7 Å². The van der Waals surface area contributed by atoms with Gasteiger partial charge in [0.15, 0.2) is 23.0 Å². The van der Waals surface area contributed by atoms with Gasteiger partial charge in [0.05, 0.1) is 5.69 Å². The summed E-state index contributed by atoms with van der Waals surface area (Å²) in [6.45, 7) is 0. The van der Waals surface area contributed by atoms with Crippen molar-refractivity contribution in [2.24, 2.45) is 0 Å². The van der Waals surface area contributed by atoms with Crippen LogP contribution in [0.3, 0.4) is 0 Å². The van der Waals surface area contributed by atoms with Crippen molar-refractivity contribution in [3.05, 3.63) is 206 Å². The Hall–Kier alpha value is -7.80. The number of fused-ring (bicyclic) bond motifs is 8. The Bertz CT molecular complexity index is 3390. The van der Waals surface area contributed by atoms with Crippen LogP contribution < -0.4 is 19.3 Å². The fourth-order valence-corrected chi connectivity index (χ4v) is 9.71.